The van der Waals surface area contributed by atoms with E-state index in [2.05, 4.69) is 14.9 Å². The number of rotatable bonds is 5. The van der Waals surface area contributed by atoms with Gasteiger partial charge in [0, 0.05) is 31.4 Å². The third kappa shape index (κ3) is 3.37. The minimum Gasteiger partial charge on any atom is -0.440 e. The first-order valence-corrected chi connectivity index (χ1v) is 10.4. The summed E-state index contributed by atoms with van der Waals surface area (Å²) in [6.45, 7) is 4.40. The van der Waals surface area contributed by atoms with E-state index in [1.807, 2.05) is 24.5 Å². The fraction of sp³-hybridized carbons (Fsp3) is 0.368. The molecule has 0 saturated carbocycles. The van der Waals surface area contributed by atoms with E-state index in [0.29, 0.717) is 21.9 Å². The van der Waals surface area contributed by atoms with E-state index >= 15 is 0 Å². The van der Waals surface area contributed by atoms with E-state index < -0.39 is 9.84 Å². The SMILES string of the molecule is CCS(=O)(=O)c1ccc2oc([C@H]3CCN(Cc4ccncc4)C3)nc2c1. The maximum absolute atomic E-state index is 12.1. The summed E-state index contributed by atoms with van der Waals surface area (Å²) in [5.41, 5.74) is 2.50. The molecule has 1 fully saturated rings. The maximum atomic E-state index is 12.1. The number of fused-ring (bicyclic) bond motifs is 1. The van der Waals surface area contributed by atoms with Crippen LogP contribution in [-0.2, 0) is 16.4 Å². The molecule has 2 aromatic heterocycles. The number of pyridine rings is 1. The average molecular weight is 371 g/mol. The lowest BCUT2D eigenvalue weighted by Crippen LogP contribution is -2.19. The molecule has 1 aliphatic heterocycles. The lowest BCUT2D eigenvalue weighted by atomic mass is 10.1. The summed E-state index contributed by atoms with van der Waals surface area (Å²) in [5, 5.41) is 0. The van der Waals surface area contributed by atoms with Crippen LogP contribution in [-0.4, -0.2) is 42.1 Å². The van der Waals surface area contributed by atoms with Crippen LogP contribution in [0.4, 0.5) is 0 Å². The van der Waals surface area contributed by atoms with Gasteiger partial charge in [-0.05, 0) is 48.9 Å². The lowest BCUT2D eigenvalue weighted by molar-refractivity contribution is 0.321. The Balaban J connectivity index is 1.52. The molecule has 1 aliphatic rings. The molecule has 3 heterocycles. The minimum atomic E-state index is -3.24. The van der Waals surface area contributed by atoms with Crippen LogP contribution in [0.15, 0.2) is 52.0 Å². The zero-order valence-electron chi connectivity index (χ0n) is 14.6. The summed E-state index contributed by atoms with van der Waals surface area (Å²) in [5.74, 6) is 1.01. The van der Waals surface area contributed by atoms with Crippen molar-refractivity contribution < 1.29 is 12.8 Å². The summed E-state index contributed by atoms with van der Waals surface area (Å²) in [6, 6.07) is 8.98. The van der Waals surface area contributed by atoms with Gasteiger partial charge in [-0.3, -0.25) is 9.88 Å². The Hall–Kier alpha value is -2.25. The number of likely N-dealkylation sites (tertiary alicyclic amines) is 1. The van der Waals surface area contributed by atoms with Gasteiger partial charge < -0.3 is 4.42 Å². The molecule has 6 nitrogen and oxygen atoms in total. The topological polar surface area (TPSA) is 76.3 Å². The van der Waals surface area contributed by atoms with Crippen LogP contribution in [0.1, 0.15) is 30.7 Å². The van der Waals surface area contributed by atoms with Gasteiger partial charge in [-0.1, -0.05) is 6.92 Å². The number of oxazole rings is 1. The predicted octanol–water partition coefficient (Wildman–Crippen LogP) is 3.01. The van der Waals surface area contributed by atoms with Gasteiger partial charge in [0.15, 0.2) is 21.3 Å². The first-order valence-electron chi connectivity index (χ1n) is 8.79. The van der Waals surface area contributed by atoms with Crippen molar-refractivity contribution in [1.29, 1.82) is 0 Å². The summed E-state index contributed by atoms with van der Waals surface area (Å²) in [6.07, 6.45) is 4.61. The fourth-order valence-corrected chi connectivity index (χ4v) is 4.28. The van der Waals surface area contributed by atoms with Crippen molar-refractivity contribution in [2.45, 2.75) is 30.7 Å². The molecule has 0 spiro atoms. The Morgan fingerprint density at radius 1 is 1.23 bits per heavy atom. The van der Waals surface area contributed by atoms with E-state index in [0.717, 1.165) is 26.1 Å². The summed E-state index contributed by atoms with van der Waals surface area (Å²) < 4.78 is 30.0. The highest BCUT2D eigenvalue weighted by Crippen LogP contribution is 2.30. The van der Waals surface area contributed by atoms with Gasteiger partial charge >= 0.3 is 0 Å². The summed E-state index contributed by atoms with van der Waals surface area (Å²) in [7, 11) is -3.24. The number of aromatic nitrogens is 2. The number of hydrogen-bond acceptors (Lipinski definition) is 6. The molecule has 0 amide bonds. The smallest absolute Gasteiger partial charge is 0.199 e. The molecule has 26 heavy (non-hydrogen) atoms. The number of sulfone groups is 1. The van der Waals surface area contributed by atoms with Gasteiger partial charge in [0.05, 0.1) is 10.6 Å². The van der Waals surface area contributed by atoms with Crippen LogP contribution in [0, 0.1) is 0 Å². The summed E-state index contributed by atoms with van der Waals surface area (Å²) in [4.78, 5) is 11.3. The normalized spacial score (nSPS) is 18.6. The van der Waals surface area contributed by atoms with Crippen molar-refractivity contribution in [3.05, 3.63) is 54.2 Å². The molecule has 1 aromatic carbocycles. The molecule has 0 unspecified atom stereocenters. The Morgan fingerprint density at radius 3 is 2.81 bits per heavy atom. The van der Waals surface area contributed by atoms with Gasteiger partial charge in [-0.2, -0.15) is 0 Å². The number of benzene rings is 1. The van der Waals surface area contributed by atoms with Gasteiger partial charge in [0.25, 0.3) is 0 Å². The van der Waals surface area contributed by atoms with E-state index in [4.69, 9.17) is 4.42 Å². The molecule has 7 heteroatoms. The van der Waals surface area contributed by atoms with Crippen molar-refractivity contribution in [3.63, 3.8) is 0 Å². The molecule has 0 radical (unpaired) electrons. The number of nitrogens with zero attached hydrogens (tertiary/aromatic N) is 3. The quantitative estimate of drug-likeness (QED) is 0.686. The van der Waals surface area contributed by atoms with Crippen LogP contribution >= 0.6 is 0 Å². The highest BCUT2D eigenvalue weighted by molar-refractivity contribution is 7.91. The third-order valence-electron chi connectivity index (χ3n) is 4.89. The van der Waals surface area contributed by atoms with Crippen LogP contribution < -0.4 is 0 Å². The van der Waals surface area contributed by atoms with Gasteiger partial charge in [0.2, 0.25) is 0 Å². The third-order valence-corrected chi connectivity index (χ3v) is 6.62. The maximum Gasteiger partial charge on any atom is 0.199 e. The lowest BCUT2D eigenvalue weighted by Gasteiger charge is -2.14. The van der Waals surface area contributed by atoms with E-state index in [1.165, 1.54) is 5.56 Å². The molecular weight excluding hydrogens is 350 g/mol. The molecule has 0 N–H and O–H groups in total. The molecule has 4 rings (SSSR count). The Bertz CT molecular complexity index is 1010. The van der Waals surface area contributed by atoms with Crippen LogP contribution in [0.5, 0.6) is 0 Å². The molecule has 3 aromatic rings. The van der Waals surface area contributed by atoms with Crippen LogP contribution in [0.25, 0.3) is 11.1 Å². The minimum absolute atomic E-state index is 0.0792. The molecule has 0 bridgehead atoms. The Labute approximate surface area is 152 Å². The second kappa shape index (κ2) is 6.81. The average Bonchev–Trinajstić information content (AvgIpc) is 3.28. The first-order chi connectivity index (χ1) is 12.5. The molecule has 1 saturated heterocycles. The van der Waals surface area contributed by atoms with Crippen LogP contribution in [0.2, 0.25) is 0 Å². The second-order valence-corrected chi connectivity index (χ2v) is 8.94. The van der Waals surface area contributed by atoms with E-state index in [1.54, 1.807) is 25.1 Å². The van der Waals surface area contributed by atoms with Gasteiger partial charge in [-0.15, -0.1) is 0 Å². The zero-order valence-corrected chi connectivity index (χ0v) is 15.4. The largest absolute Gasteiger partial charge is 0.440 e. The zero-order chi connectivity index (χ0) is 18.1. The fourth-order valence-electron chi connectivity index (χ4n) is 3.38. The van der Waals surface area contributed by atoms with E-state index in [-0.39, 0.29) is 11.7 Å². The highest BCUT2D eigenvalue weighted by atomic mass is 32.2. The van der Waals surface area contributed by atoms with Crippen molar-refractivity contribution in [2.75, 3.05) is 18.8 Å². The predicted molar refractivity (Wildman–Crippen MR) is 98.6 cm³/mol. The van der Waals surface area contributed by atoms with Crippen molar-refractivity contribution in [3.8, 4) is 0 Å². The molecule has 0 aliphatic carbocycles. The van der Waals surface area contributed by atoms with Gasteiger partial charge in [0.1, 0.15) is 5.52 Å². The Morgan fingerprint density at radius 2 is 2.04 bits per heavy atom. The molecule has 136 valence electrons. The van der Waals surface area contributed by atoms with Crippen molar-refractivity contribution >= 4 is 20.9 Å². The van der Waals surface area contributed by atoms with Crippen molar-refractivity contribution in [2.24, 2.45) is 0 Å². The van der Waals surface area contributed by atoms with Crippen LogP contribution in [0.3, 0.4) is 0 Å². The summed E-state index contributed by atoms with van der Waals surface area (Å²) >= 11 is 0. The molecular formula is C19H21N3O3S. The monoisotopic (exact) mass is 371 g/mol. The van der Waals surface area contributed by atoms with Gasteiger partial charge in [-0.25, -0.2) is 13.4 Å². The standard InChI is InChI=1S/C19H21N3O3S/c1-2-26(23,24)16-3-4-18-17(11-16)21-19(25-18)15-7-10-22(13-15)12-14-5-8-20-9-6-14/h3-6,8-9,11,15H,2,7,10,12-13H2,1H3/t15-/m0/s1. The molecule has 1 atom stereocenters. The first kappa shape index (κ1) is 17.2. The second-order valence-electron chi connectivity index (χ2n) is 6.66. The number of hydrogen-bond donors (Lipinski definition) is 0. The Kier molecular flexibility index (Phi) is 4.50. The highest BCUT2D eigenvalue weighted by Gasteiger charge is 2.28. The van der Waals surface area contributed by atoms with Crippen molar-refractivity contribution in [1.82, 2.24) is 14.9 Å². The van der Waals surface area contributed by atoms with E-state index in [9.17, 15) is 8.42 Å².